The summed E-state index contributed by atoms with van der Waals surface area (Å²) >= 11 is 0. The van der Waals surface area contributed by atoms with Gasteiger partial charge in [0.25, 0.3) is 5.91 Å². The number of carbonyl (C=O) groups excluding carboxylic acids is 1. The minimum absolute atomic E-state index is 0.0416. The number of ether oxygens (including phenoxy) is 1. The molecule has 1 atom stereocenters. The molecule has 1 aromatic carbocycles. The lowest BCUT2D eigenvalue weighted by Gasteiger charge is -2.25. The van der Waals surface area contributed by atoms with E-state index in [2.05, 4.69) is 0 Å². The van der Waals surface area contributed by atoms with Crippen molar-refractivity contribution in [2.75, 3.05) is 20.8 Å². The van der Waals surface area contributed by atoms with Crippen molar-refractivity contribution in [2.45, 2.75) is 19.9 Å². The smallest absolute Gasteiger partial charge is 0.328 e. The number of amides is 1. The van der Waals surface area contributed by atoms with Crippen molar-refractivity contribution >= 4 is 18.0 Å². The average Bonchev–Trinajstić information content (AvgIpc) is 2.45. The highest BCUT2D eigenvalue weighted by atomic mass is 16.5. The Bertz CT molecular complexity index is 551. The van der Waals surface area contributed by atoms with Gasteiger partial charge in [-0.2, -0.15) is 0 Å². The fraction of sp³-hybridized carbons (Fsp3) is 0.375. The first-order valence-electron chi connectivity index (χ1n) is 6.64. The molecule has 0 aliphatic carbocycles. The number of carboxylic acids is 1. The summed E-state index contributed by atoms with van der Waals surface area (Å²) in [6.45, 7) is 4.22. The number of aliphatic carboxylic acids is 1. The largest absolute Gasteiger partial charge is 0.478 e. The van der Waals surface area contributed by atoms with Crippen molar-refractivity contribution in [3.63, 3.8) is 0 Å². The van der Waals surface area contributed by atoms with Gasteiger partial charge in [-0.25, -0.2) is 4.79 Å². The standard InChI is InChI=1S/C16H21NO4/c1-11-5-6-13(7-8-15(18)19)9-14(11)16(20)17(3)12(2)10-21-4/h5-9,12H,10H2,1-4H3,(H,18,19). The Morgan fingerprint density at radius 1 is 1.43 bits per heavy atom. The summed E-state index contributed by atoms with van der Waals surface area (Å²) in [6, 6.07) is 5.25. The molecule has 5 heteroatoms. The molecule has 5 nitrogen and oxygen atoms in total. The van der Waals surface area contributed by atoms with Crippen molar-refractivity contribution < 1.29 is 19.4 Å². The number of likely N-dealkylation sites (N-methyl/N-ethyl adjacent to an activating group) is 1. The van der Waals surface area contributed by atoms with E-state index in [0.717, 1.165) is 11.6 Å². The van der Waals surface area contributed by atoms with Gasteiger partial charge in [-0.1, -0.05) is 12.1 Å². The van der Waals surface area contributed by atoms with E-state index in [1.807, 2.05) is 19.9 Å². The van der Waals surface area contributed by atoms with Gasteiger partial charge in [-0.05, 0) is 37.1 Å². The van der Waals surface area contributed by atoms with E-state index in [1.54, 1.807) is 31.2 Å². The fourth-order valence-electron chi connectivity index (χ4n) is 1.88. The molecule has 1 rings (SSSR count). The number of carbonyl (C=O) groups is 2. The Hall–Kier alpha value is -2.14. The number of nitrogens with zero attached hydrogens (tertiary/aromatic N) is 1. The van der Waals surface area contributed by atoms with Crippen molar-refractivity contribution in [3.05, 3.63) is 41.0 Å². The maximum atomic E-state index is 12.5. The third kappa shape index (κ3) is 4.72. The van der Waals surface area contributed by atoms with Crippen LogP contribution in [0.25, 0.3) is 6.08 Å². The normalized spacial score (nSPS) is 12.4. The SMILES string of the molecule is COCC(C)N(C)C(=O)c1cc(C=CC(=O)O)ccc1C. The maximum Gasteiger partial charge on any atom is 0.328 e. The predicted molar refractivity (Wildman–Crippen MR) is 81.3 cm³/mol. The van der Waals surface area contributed by atoms with Gasteiger partial charge in [0.1, 0.15) is 0 Å². The highest BCUT2D eigenvalue weighted by molar-refractivity contribution is 5.96. The summed E-state index contributed by atoms with van der Waals surface area (Å²) in [5.41, 5.74) is 2.09. The quantitative estimate of drug-likeness (QED) is 0.816. The Labute approximate surface area is 124 Å². The lowest BCUT2D eigenvalue weighted by molar-refractivity contribution is -0.131. The monoisotopic (exact) mass is 291 g/mol. The average molecular weight is 291 g/mol. The van der Waals surface area contributed by atoms with E-state index in [-0.39, 0.29) is 11.9 Å². The van der Waals surface area contributed by atoms with E-state index in [1.165, 1.54) is 6.08 Å². The maximum absolute atomic E-state index is 12.5. The van der Waals surface area contributed by atoms with Crippen LogP contribution >= 0.6 is 0 Å². The molecule has 0 aliphatic rings. The van der Waals surface area contributed by atoms with Crippen LogP contribution in [0.5, 0.6) is 0 Å². The Kier molecular flexibility index (Phi) is 6.11. The Balaban J connectivity index is 3.03. The van der Waals surface area contributed by atoms with Crippen LogP contribution in [0.2, 0.25) is 0 Å². The van der Waals surface area contributed by atoms with Gasteiger partial charge in [0, 0.05) is 25.8 Å². The van der Waals surface area contributed by atoms with Gasteiger partial charge in [-0.15, -0.1) is 0 Å². The van der Waals surface area contributed by atoms with Crippen LogP contribution in [-0.4, -0.2) is 48.7 Å². The second-order valence-electron chi connectivity index (χ2n) is 4.97. The van der Waals surface area contributed by atoms with Crippen molar-refractivity contribution in [1.29, 1.82) is 0 Å². The molecule has 0 aromatic heterocycles. The summed E-state index contributed by atoms with van der Waals surface area (Å²) in [4.78, 5) is 24.7. The summed E-state index contributed by atoms with van der Waals surface area (Å²) in [5.74, 6) is -1.13. The lowest BCUT2D eigenvalue weighted by Crippen LogP contribution is -2.38. The molecule has 0 radical (unpaired) electrons. The lowest BCUT2D eigenvalue weighted by atomic mass is 10.0. The minimum atomic E-state index is -1.02. The first kappa shape index (κ1) is 16.9. The van der Waals surface area contributed by atoms with Crippen LogP contribution in [0.4, 0.5) is 0 Å². The van der Waals surface area contributed by atoms with Crippen LogP contribution in [0.15, 0.2) is 24.3 Å². The number of hydrogen-bond donors (Lipinski definition) is 1. The molecular formula is C16H21NO4. The van der Waals surface area contributed by atoms with Crippen molar-refractivity contribution in [3.8, 4) is 0 Å². The zero-order valence-corrected chi connectivity index (χ0v) is 12.8. The molecule has 114 valence electrons. The molecule has 0 aliphatic heterocycles. The van der Waals surface area contributed by atoms with Gasteiger partial charge < -0.3 is 14.7 Å². The molecule has 0 saturated heterocycles. The van der Waals surface area contributed by atoms with Crippen LogP contribution < -0.4 is 0 Å². The number of rotatable bonds is 6. The van der Waals surface area contributed by atoms with Gasteiger partial charge in [-0.3, -0.25) is 4.79 Å². The third-order valence-electron chi connectivity index (χ3n) is 3.30. The first-order chi connectivity index (χ1) is 9.86. The minimum Gasteiger partial charge on any atom is -0.478 e. The van der Waals surface area contributed by atoms with E-state index in [0.29, 0.717) is 17.7 Å². The summed E-state index contributed by atoms with van der Waals surface area (Å²) in [5, 5.41) is 8.65. The van der Waals surface area contributed by atoms with Crippen molar-refractivity contribution in [2.24, 2.45) is 0 Å². The van der Waals surface area contributed by atoms with E-state index < -0.39 is 5.97 Å². The van der Waals surface area contributed by atoms with E-state index in [9.17, 15) is 9.59 Å². The van der Waals surface area contributed by atoms with Gasteiger partial charge >= 0.3 is 5.97 Å². The molecule has 0 bridgehead atoms. The Morgan fingerprint density at radius 3 is 2.67 bits per heavy atom. The fourth-order valence-corrected chi connectivity index (χ4v) is 1.88. The number of hydrogen-bond acceptors (Lipinski definition) is 3. The molecule has 21 heavy (non-hydrogen) atoms. The van der Waals surface area contributed by atoms with Gasteiger partial charge in [0.2, 0.25) is 0 Å². The number of benzene rings is 1. The predicted octanol–water partition coefficient (Wildman–Crippen LogP) is 2.20. The third-order valence-corrected chi connectivity index (χ3v) is 3.30. The van der Waals surface area contributed by atoms with Crippen molar-refractivity contribution in [1.82, 2.24) is 4.90 Å². The Morgan fingerprint density at radius 2 is 2.10 bits per heavy atom. The zero-order chi connectivity index (χ0) is 16.0. The van der Waals surface area contributed by atoms with Crippen LogP contribution in [0.3, 0.4) is 0 Å². The molecule has 1 aromatic rings. The summed E-state index contributed by atoms with van der Waals surface area (Å²) in [7, 11) is 3.32. The molecule has 1 unspecified atom stereocenters. The van der Waals surface area contributed by atoms with Crippen LogP contribution in [0.1, 0.15) is 28.4 Å². The van der Waals surface area contributed by atoms with Crippen LogP contribution in [0, 0.1) is 6.92 Å². The first-order valence-corrected chi connectivity index (χ1v) is 6.64. The zero-order valence-electron chi connectivity index (χ0n) is 12.8. The molecule has 0 saturated carbocycles. The molecule has 1 amide bonds. The number of carboxylic acid groups (broad SMARTS) is 1. The summed E-state index contributed by atoms with van der Waals surface area (Å²) < 4.78 is 5.06. The van der Waals surface area contributed by atoms with Gasteiger partial charge in [0.15, 0.2) is 0 Å². The summed E-state index contributed by atoms with van der Waals surface area (Å²) in [6.07, 6.45) is 2.52. The topological polar surface area (TPSA) is 66.8 Å². The molecule has 0 fully saturated rings. The highest BCUT2D eigenvalue weighted by Crippen LogP contribution is 2.16. The number of aryl methyl sites for hydroxylation is 1. The second-order valence-corrected chi connectivity index (χ2v) is 4.97. The highest BCUT2D eigenvalue weighted by Gasteiger charge is 2.19. The van der Waals surface area contributed by atoms with Gasteiger partial charge in [0.05, 0.1) is 12.6 Å². The molecule has 1 N–H and O–H groups in total. The van der Waals surface area contributed by atoms with E-state index in [4.69, 9.17) is 9.84 Å². The molecule has 0 heterocycles. The second kappa shape index (κ2) is 7.59. The molecule has 0 spiro atoms. The van der Waals surface area contributed by atoms with E-state index >= 15 is 0 Å². The van der Waals surface area contributed by atoms with Crippen LogP contribution in [-0.2, 0) is 9.53 Å². The molecular weight excluding hydrogens is 270 g/mol. The number of methoxy groups -OCH3 is 1.